The van der Waals surface area contributed by atoms with Gasteiger partial charge in [0.05, 0.1) is 6.61 Å². The van der Waals surface area contributed by atoms with Crippen molar-refractivity contribution in [2.24, 2.45) is 5.73 Å². The number of carbonyl (C=O) groups is 1. The van der Waals surface area contributed by atoms with Crippen LogP contribution in [0.5, 0.6) is 0 Å². The third kappa shape index (κ3) is 7.46. The van der Waals surface area contributed by atoms with Gasteiger partial charge in [-0.15, -0.1) is 0 Å². The minimum Gasteiger partial charge on any atom is -0.396 e. The van der Waals surface area contributed by atoms with Gasteiger partial charge in [0.25, 0.3) is 0 Å². The molecule has 0 spiro atoms. The molecule has 5 heteroatoms. The fourth-order valence-electron chi connectivity index (χ4n) is 0.606. The summed E-state index contributed by atoms with van der Waals surface area (Å²) in [6.45, 7) is 1.44. The lowest BCUT2D eigenvalue weighted by Gasteiger charge is -2.03. The summed E-state index contributed by atoms with van der Waals surface area (Å²) in [5, 5.41) is 11.0. The Morgan fingerprint density at radius 3 is 2.92 bits per heavy atom. The molecule has 0 bridgehead atoms. The number of hydrogen-bond acceptors (Lipinski definition) is 4. The number of aliphatic hydroxyl groups excluding tert-OH is 1. The maximum atomic E-state index is 10.8. The van der Waals surface area contributed by atoms with Crippen molar-refractivity contribution in [2.75, 3.05) is 32.9 Å². The molecule has 4 N–H and O–H groups in total. The van der Waals surface area contributed by atoms with E-state index in [1.54, 1.807) is 0 Å². The van der Waals surface area contributed by atoms with Crippen LogP contribution in [0.4, 0.5) is 0 Å². The van der Waals surface area contributed by atoms with E-state index >= 15 is 0 Å². The number of ether oxygens (including phenoxy) is 1. The number of carbonyl (C=O) groups excluding carboxylic acids is 1. The molecule has 0 aliphatic heterocycles. The first-order valence-corrected chi connectivity index (χ1v) is 3.96. The molecule has 1 amide bonds. The number of nitrogens with two attached hydrogens (primary N) is 1. The van der Waals surface area contributed by atoms with Crippen LogP contribution in [-0.4, -0.2) is 43.9 Å². The molecule has 0 aromatic carbocycles. The highest BCUT2D eigenvalue weighted by Crippen LogP contribution is 1.75. The smallest absolute Gasteiger partial charge is 0.245 e. The highest BCUT2D eigenvalue weighted by atomic mass is 16.5. The number of nitrogens with one attached hydrogen (secondary N) is 1. The predicted molar refractivity (Wildman–Crippen MR) is 44.6 cm³/mol. The Bertz CT molecular complexity index is 107. The van der Waals surface area contributed by atoms with Crippen LogP contribution in [0.3, 0.4) is 0 Å². The number of rotatable bonds is 7. The summed E-state index contributed by atoms with van der Waals surface area (Å²) >= 11 is 0. The lowest BCUT2D eigenvalue weighted by Crippen LogP contribution is -2.29. The minimum absolute atomic E-state index is 0.0443. The van der Waals surface area contributed by atoms with E-state index in [0.29, 0.717) is 26.1 Å². The second-order valence-corrected chi connectivity index (χ2v) is 2.27. The van der Waals surface area contributed by atoms with Crippen molar-refractivity contribution >= 4 is 5.91 Å². The number of amides is 1. The van der Waals surface area contributed by atoms with Crippen LogP contribution in [0.25, 0.3) is 0 Å². The van der Waals surface area contributed by atoms with E-state index in [1.165, 1.54) is 0 Å². The molecular weight excluding hydrogens is 160 g/mol. The Morgan fingerprint density at radius 1 is 1.58 bits per heavy atom. The second-order valence-electron chi connectivity index (χ2n) is 2.27. The van der Waals surface area contributed by atoms with Gasteiger partial charge in [0.15, 0.2) is 0 Å². The van der Waals surface area contributed by atoms with Crippen LogP contribution in [0, 0.1) is 0 Å². The van der Waals surface area contributed by atoms with Gasteiger partial charge in [-0.2, -0.15) is 0 Å². The van der Waals surface area contributed by atoms with Crippen molar-refractivity contribution < 1.29 is 14.6 Å². The standard InChI is InChI=1S/C7H16N2O3/c8-2-5-12-6-7(11)9-3-1-4-10/h10H,1-6,8H2,(H,9,11). The highest BCUT2D eigenvalue weighted by molar-refractivity contribution is 5.77. The molecule has 0 aliphatic rings. The maximum Gasteiger partial charge on any atom is 0.245 e. The van der Waals surface area contributed by atoms with Crippen LogP contribution in [0.15, 0.2) is 0 Å². The van der Waals surface area contributed by atoms with Gasteiger partial charge >= 0.3 is 0 Å². The van der Waals surface area contributed by atoms with Crippen molar-refractivity contribution in [1.82, 2.24) is 5.32 Å². The van der Waals surface area contributed by atoms with E-state index in [0.717, 1.165) is 0 Å². The van der Waals surface area contributed by atoms with E-state index in [4.69, 9.17) is 15.6 Å². The molecule has 5 nitrogen and oxygen atoms in total. The Kier molecular flexibility index (Phi) is 7.99. The molecule has 12 heavy (non-hydrogen) atoms. The Morgan fingerprint density at radius 2 is 2.33 bits per heavy atom. The third-order valence-electron chi connectivity index (χ3n) is 1.15. The summed E-state index contributed by atoms with van der Waals surface area (Å²) in [5.41, 5.74) is 5.15. The first-order chi connectivity index (χ1) is 5.81. The summed E-state index contributed by atoms with van der Waals surface area (Å²) in [6, 6.07) is 0. The zero-order chi connectivity index (χ0) is 9.23. The molecule has 0 radical (unpaired) electrons. The van der Waals surface area contributed by atoms with Crippen molar-refractivity contribution in [1.29, 1.82) is 0 Å². The largest absolute Gasteiger partial charge is 0.396 e. The van der Waals surface area contributed by atoms with Gasteiger partial charge in [0.1, 0.15) is 6.61 Å². The lowest BCUT2D eigenvalue weighted by molar-refractivity contribution is -0.125. The van der Waals surface area contributed by atoms with Crippen molar-refractivity contribution in [3.05, 3.63) is 0 Å². The van der Waals surface area contributed by atoms with Crippen LogP contribution >= 0.6 is 0 Å². The molecule has 0 unspecified atom stereocenters. The van der Waals surface area contributed by atoms with Gasteiger partial charge in [0, 0.05) is 19.7 Å². The molecule has 0 aromatic rings. The van der Waals surface area contributed by atoms with E-state index in [-0.39, 0.29) is 19.1 Å². The van der Waals surface area contributed by atoms with Gasteiger partial charge in [0.2, 0.25) is 5.91 Å². The predicted octanol–water partition coefficient (Wildman–Crippen LogP) is -1.54. The van der Waals surface area contributed by atoms with Gasteiger partial charge in [-0.25, -0.2) is 0 Å². The van der Waals surface area contributed by atoms with Gasteiger partial charge in [-0.05, 0) is 6.42 Å². The minimum atomic E-state index is -0.170. The monoisotopic (exact) mass is 176 g/mol. The average Bonchev–Trinajstić information content (AvgIpc) is 2.06. The summed E-state index contributed by atoms with van der Waals surface area (Å²) in [6.07, 6.45) is 0.572. The zero-order valence-electron chi connectivity index (χ0n) is 7.08. The molecule has 0 rings (SSSR count). The highest BCUT2D eigenvalue weighted by Gasteiger charge is 1.98. The third-order valence-corrected chi connectivity index (χ3v) is 1.15. The molecule has 0 saturated carbocycles. The molecular formula is C7H16N2O3. The number of aliphatic hydroxyl groups is 1. The van der Waals surface area contributed by atoms with E-state index < -0.39 is 0 Å². The number of hydrogen-bond donors (Lipinski definition) is 3. The Balaban J connectivity index is 3.10. The zero-order valence-corrected chi connectivity index (χ0v) is 7.08. The van der Waals surface area contributed by atoms with Gasteiger partial charge in [-0.3, -0.25) is 4.79 Å². The fourth-order valence-corrected chi connectivity index (χ4v) is 0.606. The van der Waals surface area contributed by atoms with Gasteiger partial charge < -0.3 is 20.9 Å². The topological polar surface area (TPSA) is 84.6 Å². The summed E-state index contributed by atoms with van der Waals surface area (Å²) < 4.78 is 4.88. The van der Waals surface area contributed by atoms with Crippen LogP contribution < -0.4 is 11.1 Å². The maximum absolute atomic E-state index is 10.8. The summed E-state index contributed by atoms with van der Waals surface area (Å²) in [7, 11) is 0. The Hall–Kier alpha value is -0.650. The molecule has 0 heterocycles. The molecule has 0 atom stereocenters. The summed E-state index contributed by atoms with van der Waals surface area (Å²) in [5.74, 6) is -0.170. The Labute approximate surface area is 71.9 Å². The second kappa shape index (κ2) is 8.45. The molecule has 0 aliphatic carbocycles. The van der Waals surface area contributed by atoms with Crippen molar-refractivity contribution in [3.63, 3.8) is 0 Å². The van der Waals surface area contributed by atoms with E-state index in [1.807, 2.05) is 0 Å². The molecule has 72 valence electrons. The quantitative estimate of drug-likeness (QED) is 0.410. The first kappa shape index (κ1) is 11.4. The van der Waals surface area contributed by atoms with Gasteiger partial charge in [-0.1, -0.05) is 0 Å². The van der Waals surface area contributed by atoms with E-state index in [2.05, 4.69) is 5.32 Å². The molecule has 0 aromatic heterocycles. The fraction of sp³-hybridized carbons (Fsp3) is 0.857. The molecule has 0 fully saturated rings. The SMILES string of the molecule is NCCOCC(=O)NCCCO. The molecule has 0 saturated heterocycles. The normalized spacial score (nSPS) is 9.83. The van der Waals surface area contributed by atoms with Crippen LogP contribution in [0.2, 0.25) is 0 Å². The average molecular weight is 176 g/mol. The summed E-state index contributed by atoms with van der Waals surface area (Å²) in [4.78, 5) is 10.8. The van der Waals surface area contributed by atoms with Crippen molar-refractivity contribution in [3.8, 4) is 0 Å². The lowest BCUT2D eigenvalue weighted by atomic mass is 10.4. The van der Waals surface area contributed by atoms with Crippen molar-refractivity contribution in [2.45, 2.75) is 6.42 Å². The van der Waals surface area contributed by atoms with E-state index in [9.17, 15) is 4.79 Å². The van der Waals surface area contributed by atoms with Crippen LogP contribution in [-0.2, 0) is 9.53 Å². The first-order valence-electron chi connectivity index (χ1n) is 3.96. The van der Waals surface area contributed by atoms with Crippen LogP contribution in [0.1, 0.15) is 6.42 Å².